The summed E-state index contributed by atoms with van der Waals surface area (Å²) in [5, 5.41) is 14.7. The molecule has 1 aromatic heterocycles. The molecule has 2 aromatic rings. The van der Waals surface area contributed by atoms with Gasteiger partial charge in [-0.1, -0.05) is 19.3 Å². The standard InChI is InChI=1S/C16H19N5O2/c1-2-4-11(5-3-1)19-16-20-15(9-17-21-16)18-12-6-7-13-14(8-12)23-10-22-13/h6-9,11H,1-5,10H2,(H2,18,19,20,21). The second-order valence-corrected chi connectivity index (χ2v) is 5.84. The second-order valence-electron chi connectivity index (χ2n) is 5.84. The van der Waals surface area contributed by atoms with Crippen molar-refractivity contribution in [3.63, 3.8) is 0 Å². The van der Waals surface area contributed by atoms with Crippen LogP contribution in [0.3, 0.4) is 0 Å². The molecule has 4 rings (SSSR count). The first-order valence-corrected chi connectivity index (χ1v) is 8.00. The van der Waals surface area contributed by atoms with E-state index in [2.05, 4.69) is 25.8 Å². The quantitative estimate of drug-likeness (QED) is 0.897. The third-order valence-electron chi connectivity index (χ3n) is 4.14. The zero-order chi connectivity index (χ0) is 15.5. The maximum Gasteiger partial charge on any atom is 0.244 e. The number of aromatic nitrogens is 3. The molecule has 0 saturated heterocycles. The van der Waals surface area contributed by atoms with Crippen LogP contribution in [0.2, 0.25) is 0 Å². The molecule has 23 heavy (non-hydrogen) atoms. The average molecular weight is 313 g/mol. The van der Waals surface area contributed by atoms with Gasteiger partial charge in [0, 0.05) is 17.8 Å². The molecule has 0 spiro atoms. The number of anilines is 3. The number of ether oxygens (including phenoxy) is 2. The molecule has 7 heteroatoms. The summed E-state index contributed by atoms with van der Waals surface area (Å²) in [6, 6.07) is 6.13. The summed E-state index contributed by atoms with van der Waals surface area (Å²) in [4.78, 5) is 4.49. The summed E-state index contributed by atoms with van der Waals surface area (Å²) < 4.78 is 10.7. The molecule has 0 bridgehead atoms. The van der Waals surface area contributed by atoms with Gasteiger partial charge in [-0.25, -0.2) is 0 Å². The minimum absolute atomic E-state index is 0.267. The molecule has 1 aliphatic carbocycles. The van der Waals surface area contributed by atoms with E-state index in [1.165, 1.54) is 32.1 Å². The molecule has 1 aliphatic heterocycles. The van der Waals surface area contributed by atoms with Gasteiger partial charge in [-0.15, -0.1) is 5.10 Å². The van der Waals surface area contributed by atoms with Crippen LogP contribution in [0.15, 0.2) is 24.4 Å². The Morgan fingerprint density at radius 1 is 1.04 bits per heavy atom. The van der Waals surface area contributed by atoms with E-state index in [0.29, 0.717) is 17.8 Å². The molecule has 1 saturated carbocycles. The maximum absolute atomic E-state index is 5.38. The third-order valence-corrected chi connectivity index (χ3v) is 4.14. The van der Waals surface area contributed by atoms with Gasteiger partial charge in [0.15, 0.2) is 17.3 Å². The molecule has 0 atom stereocenters. The first kappa shape index (κ1) is 14.0. The van der Waals surface area contributed by atoms with E-state index in [9.17, 15) is 0 Å². The van der Waals surface area contributed by atoms with Crippen molar-refractivity contribution in [1.29, 1.82) is 0 Å². The van der Waals surface area contributed by atoms with Gasteiger partial charge in [0.2, 0.25) is 12.7 Å². The van der Waals surface area contributed by atoms with Crippen molar-refractivity contribution in [3.8, 4) is 11.5 Å². The van der Waals surface area contributed by atoms with Crippen LogP contribution in [0.4, 0.5) is 17.5 Å². The van der Waals surface area contributed by atoms with Gasteiger partial charge < -0.3 is 20.1 Å². The number of nitrogens with one attached hydrogen (secondary N) is 2. The number of rotatable bonds is 4. The number of nitrogens with zero attached hydrogens (tertiary/aromatic N) is 3. The molecule has 7 nitrogen and oxygen atoms in total. The van der Waals surface area contributed by atoms with E-state index in [-0.39, 0.29) is 6.79 Å². The van der Waals surface area contributed by atoms with Crippen molar-refractivity contribution in [2.24, 2.45) is 0 Å². The fourth-order valence-electron chi connectivity index (χ4n) is 2.98. The van der Waals surface area contributed by atoms with Crippen molar-refractivity contribution < 1.29 is 9.47 Å². The Hall–Kier alpha value is -2.57. The number of hydrogen-bond donors (Lipinski definition) is 2. The predicted octanol–water partition coefficient (Wildman–Crippen LogP) is 3.09. The van der Waals surface area contributed by atoms with Crippen LogP contribution in [0.25, 0.3) is 0 Å². The molecule has 2 N–H and O–H groups in total. The van der Waals surface area contributed by atoms with Gasteiger partial charge in [0.1, 0.15) is 0 Å². The first-order valence-electron chi connectivity index (χ1n) is 8.00. The normalized spacial score (nSPS) is 17.0. The zero-order valence-corrected chi connectivity index (χ0v) is 12.8. The van der Waals surface area contributed by atoms with Crippen molar-refractivity contribution >= 4 is 17.5 Å². The van der Waals surface area contributed by atoms with Crippen LogP contribution < -0.4 is 20.1 Å². The van der Waals surface area contributed by atoms with E-state index in [4.69, 9.17) is 9.47 Å². The summed E-state index contributed by atoms with van der Waals surface area (Å²) in [6.45, 7) is 0.267. The molecule has 1 aromatic carbocycles. The zero-order valence-electron chi connectivity index (χ0n) is 12.8. The Bertz CT molecular complexity index is 688. The molecular weight excluding hydrogens is 294 g/mol. The monoisotopic (exact) mass is 313 g/mol. The Labute approximate surface area is 134 Å². The number of fused-ring (bicyclic) bond motifs is 1. The first-order chi connectivity index (χ1) is 11.4. The van der Waals surface area contributed by atoms with Crippen LogP contribution in [-0.4, -0.2) is 28.0 Å². The molecule has 0 radical (unpaired) electrons. The summed E-state index contributed by atoms with van der Waals surface area (Å²) in [5.41, 5.74) is 0.873. The summed E-state index contributed by atoms with van der Waals surface area (Å²) in [6.07, 6.45) is 7.80. The minimum Gasteiger partial charge on any atom is -0.454 e. The van der Waals surface area contributed by atoms with E-state index >= 15 is 0 Å². The van der Waals surface area contributed by atoms with Crippen LogP contribution in [0.1, 0.15) is 32.1 Å². The van der Waals surface area contributed by atoms with Gasteiger partial charge in [-0.3, -0.25) is 0 Å². The topological polar surface area (TPSA) is 81.2 Å². The lowest BCUT2D eigenvalue weighted by atomic mass is 9.96. The smallest absolute Gasteiger partial charge is 0.244 e. The van der Waals surface area contributed by atoms with E-state index in [1.54, 1.807) is 6.20 Å². The van der Waals surface area contributed by atoms with Gasteiger partial charge >= 0.3 is 0 Å². The van der Waals surface area contributed by atoms with Gasteiger partial charge in [0.25, 0.3) is 0 Å². The van der Waals surface area contributed by atoms with Gasteiger partial charge in [-0.2, -0.15) is 10.1 Å². The lowest BCUT2D eigenvalue weighted by Crippen LogP contribution is -2.23. The minimum atomic E-state index is 0.267. The molecule has 0 unspecified atom stereocenters. The lowest BCUT2D eigenvalue weighted by Gasteiger charge is -2.22. The summed E-state index contributed by atoms with van der Waals surface area (Å²) in [5.74, 6) is 2.72. The van der Waals surface area contributed by atoms with Crippen molar-refractivity contribution in [1.82, 2.24) is 15.2 Å². The van der Waals surface area contributed by atoms with Crippen molar-refractivity contribution in [3.05, 3.63) is 24.4 Å². The highest BCUT2D eigenvalue weighted by Gasteiger charge is 2.15. The second kappa shape index (κ2) is 6.28. The molecular formula is C16H19N5O2. The van der Waals surface area contributed by atoms with E-state index < -0.39 is 0 Å². The van der Waals surface area contributed by atoms with Crippen LogP contribution >= 0.6 is 0 Å². The van der Waals surface area contributed by atoms with Crippen molar-refractivity contribution in [2.45, 2.75) is 38.1 Å². The highest BCUT2D eigenvalue weighted by Crippen LogP contribution is 2.34. The van der Waals surface area contributed by atoms with E-state index in [1.807, 2.05) is 18.2 Å². The Morgan fingerprint density at radius 3 is 2.83 bits per heavy atom. The van der Waals surface area contributed by atoms with E-state index in [0.717, 1.165) is 17.2 Å². The van der Waals surface area contributed by atoms with Crippen LogP contribution in [0, 0.1) is 0 Å². The van der Waals surface area contributed by atoms with Crippen LogP contribution in [0.5, 0.6) is 11.5 Å². The Balaban J connectivity index is 1.45. The van der Waals surface area contributed by atoms with Crippen LogP contribution in [-0.2, 0) is 0 Å². The maximum atomic E-state index is 5.38. The third kappa shape index (κ3) is 3.28. The predicted molar refractivity (Wildman–Crippen MR) is 86.2 cm³/mol. The molecule has 2 heterocycles. The van der Waals surface area contributed by atoms with Gasteiger partial charge in [0.05, 0.1) is 6.20 Å². The number of hydrogen-bond acceptors (Lipinski definition) is 7. The largest absolute Gasteiger partial charge is 0.454 e. The average Bonchev–Trinajstić information content (AvgIpc) is 3.04. The fraction of sp³-hybridized carbons (Fsp3) is 0.438. The number of benzene rings is 1. The highest BCUT2D eigenvalue weighted by molar-refractivity contribution is 5.61. The highest BCUT2D eigenvalue weighted by atomic mass is 16.7. The Kier molecular flexibility index (Phi) is 3.83. The molecule has 2 aliphatic rings. The van der Waals surface area contributed by atoms with Gasteiger partial charge in [-0.05, 0) is 25.0 Å². The molecule has 0 amide bonds. The molecule has 1 fully saturated rings. The summed E-state index contributed by atoms with van der Waals surface area (Å²) in [7, 11) is 0. The summed E-state index contributed by atoms with van der Waals surface area (Å²) >= 11 is 0. The van der Waals surface area contributed by atoms with Crippen molar-refractivity contribution in [2.75, 3.05) is 17.4 Å². The Morgan fingerprint density at radius 2 is 1.91 bits per heavy atom. The fourth-order valence-corrected chi connectivity index (χ4v) is 2.98. The SMILES string of the molecule is c1cc2c(cc1Nc1cnnc(NC3CCCCC3)n1)OCO2. The molecule has 120 valence electrons. The lowest BCUT2D eigenvalue weighted by molar-refractivity contribution is 0.174.